The van der Waals surface area contributed by atoms with Crippen LogP contribution < -0.4 is 5.32 Å². The first-order valence-corrected chi connectivity index (χ1v) is 7.56. The van der Waals surface area contributed by atoms with Gasteiger partial charge < -0.3 is 10.2 Å². The van der Waals surface area contributed by atoms with Crippen LogP contribution >= 0.6 is 0 Å². The molecule has 2 amide bonds. The van der Waals surface area contributed by atoms with Gasteiger partial charge in [-0.15, -0.1) is 0 Å². The minimum absolute atomic E-state index is 0.169. The summed E-state index contributed by atoms with van der Waals surface area (Å²) in [6, 6.07) is 8.99. The summed E-state index contributed by atoms with van der Waals surface area (Å²) < 4.78 is 0. The molecule has 1 fully saturated rings. The monoisotopic (exact) mass is 310 g/mol. The zero-order valence-corrected chi connectivity index (χ0v) is 12.9. The lowest BCUT2D eigenvalue weighted by Gasteiger charge is -2.36. The van der Waals surface area contributed by atoms with E-state index in [1.807, 2.05) is 18.2 Å². The van der Waals surface area contributed by atoms with Gasteiger partial charge in [-0.1, -0.05) is 18.2 Å². The van der Waals surface area contributed by atoms with Gasteiger partial charge in [0.25, 0.3) is 11.8 Å². The van der Waals surface area contributed by atoms with Crippen molar-refractivity contribution in [3.05, 3.63) is 60.2 Å². The van der Waals surface area contributed by atoms with E-state index in [1.54, 1.807) is 42.7 Å². The first-order valence-electron chi connectivity index (χ1n) is 7.56. The van der Waals surface area contributed by atoms with Crippen molar-refractivity contribution in [2.24, 2.45) is 0 Å². The molecular formula is C17H18N4O2. The van der Waals surface area contributed by atoms with Crippen molar-refractivity contribution in [1.82, 2.24) is 20.2 Å². The summed E-state index contributed by atoms with van der Waals surface area (Å²) >= 11 is 0. The summed E-state index contributed by atoms with van der Waals surface area (Å²) in [5, 5.41) is 2.68. The van der Waals surface area contributed by atoms with Crippen molar-refractivity contribution in [2.75, 3.05) is 13.6 Å². The third-order valence-corrected chi connectivity index (χ3v) is 4.24. The summed E-state index contributed by atoms with van der Waals surface area (Å²) in [6.07, 6.45) is 5.93. The second kappa shape index (κ2) is 6.16. The lowest BCUT2D eigenvalue weighted by atomic mass is 9.90. The third-order valence-electron chi connectivity index (χ3n) is 4.24. The van der Waals surface area contributed by atoms with Crippen molar-refractivity contribution in [2.45, 2.75) is 18.4 Å². The van der Waals surface area contributed by atoms with Crippen LogP contribution in [0.3, 0.4) is 0 Å². The van der Waals surface area contributed by atoms with Gasteiger partial charge in [0.15, 0.2) is 5.54 Å². The second-order valence-electron chi connectivity index (χ2n) is 5.46. The van der Waals surface area contributed by atoms with Gasteiger partial charge in [0.2, 0.25) is 0 Å². The van der Waals surface area contributed by atoms with E-state index >= 15 is 0 Å². The number of hydrogen-bond donors (Lipinski definition) is 1. The molecule has 23 heavy (non-hydrogen) atoms. The van der Waals surface area contributed by atoms with E-state index in [9.17, 15) is 9.59 Å². The molecule has 2 heterocycles. The van der Waals surface area contributed by atoms with E-state index in [0.717, 1.165) is 6.42 Å². The summed E-state index contributed by atoms with van der Waals surface area (Å²) in [4.78, 5) is 35.7. The predicted octanol–water partition coefficient (Wildman–Crippen LogP) is 1.35. The molecule has 6 nitrogen and oxygen atoms in total. The van der Waals surface area contributed by atoms with Gasteiger partial charge in [-0.25, -0.2) is 0 Å². The molecule has 0 aliphatic carbocycles. The molecule has 118 valence electrons. The first-order chi connectivity index (χ1) is 11.2. The van der Waals surface area contributed by atoms with Crippen LogP contribution in [0.2, 0.25) is 0 Å². The number of nitrogens with one attached hydrogen (secondary N) is 1. The Hall–Kier alpha value is -2.76. The van der Waals surface area contributed by atoms with Gasteiger partial charge in [0.05, 0.1) is 11.9 Å². The number of carbonyl (C=O) groups excluding carboxylic acids is 2. The van der Waals surface area contributed by atoms with Gasteiger partial charge in [0.1, 0.15) is 0 Å². The maximum Gasteiger partial charge on any atom is 0.255 e. The Balaban J connectivity index is 2.08. The highest BCUT2D eigenvalue weighted by Crippen LogP contribution is 2.39. The number of benzene rings is 1. The summed E-state index contributed by atoms with van der Waals surface area (Å²) in [5.41, 5.74) is -0.0386. The number of rotatable bonds is 3. The number of amides is 2. The zero-order chi connectivity index (χ0) is 16.3. The van der Waals surface area contributed by atoms with Crippen molar-refractivity contribution in [1.29, 1.82) is 0 Å². The normalized spacial score (nSPS) is 20.3. The van der Waals surface area contributed by atoms with Crippen LogP contribution in [0.5, 0.6) is 0 Å². The molecule has 0 radical (unpaired) electrons. The molecule has 3 rings (SSSR count). The predicted molar refractivity (Wildman–Crippen MR) is 84.5 cm³/mol. The van der Waals surface area contributed by atoms with Crippen LogP contribution in [0, 0.1) is 0 Å². The van der Waals surface area contributed by atoms with Crippen LogP contribution in [0.25, 0.3) is 0 Å². The Morgan fingerprint density at radius 2 is 2.00 bits per heavy atom. The Kier molecular flexibility index (Phi) is 4.06. The second-order valence-corrected chi connectivity index (χ2v) is 5.46. The fraction of sp³-hybridized carbons (Fsp3) is 0.294. The van der Waals surface area contributed by atoms with Crippen molar-refractivity contribution in [3.63, 3.8) is 0 Å². The molecule has 0 unspecified atom stereocenters. The van der Waals surface area contributed by atoms with Gasteiger partial charge in [-0.2, -0.15) is 0 Å². The van der Waals surface area contributed by atoms with E-state index < -0.39 is 5.54 Å². The van der Waals surface area contributed by atoms with E-state index in [0.29, 0.717) is 24.2 Å². The quantitative estimate of drug-likeness (QED) is 0.928. The number of carbonyl (C=O) groups is 2. The lowest BCUT2D eigenvalue weighted by Crippen LogP contribution is -2.54. The summed E-state index contributed by atoms with van der Waals surface area (Å²) in [6.45, 7) is 0.512. The van der Waals surface area contributed by atoms with Gasteiger partial charge in [-0.05, 0) is 25.0 Å². The fourth-order valence-electron chi connectivity index (χ4n) is 3.17. The minimum atomic E-state index is -1.10. The topological polar surface area (TPSA) is 75.2 Å². The van der Waals surface area contributed by atoms with E-state index in [-0.39, 0.29) is 11.8 Å². The molecule has 1 N–H and O–H groups in total. The Bertz CT molecular complexity index is 705. The molecule has 1 saturated heterocycles. The highest BCUT2D eigenvalue weighted by atomic mass is 16.2. The number of likely N-dealkylation sites (tertiary alicyclic amines) is 1. The van der Waals surface area contributed by atoms with Gasteiger partial charge in [0, 0.05) is 31.5 Å². The molecule has 1 aliphatic rings. The van der Waals surface area contributed by atoms with Gasteiger partial charge >= 0.3 is 0 Å². The zero-order valence-electron chi connectivity index (χ0n) is 12.9. The summed E-state index contributed by atoms with van der Waals surface area (Å²) in [7, 11) is 1.57. The maximum atomic E-state index is 13.0. The van der Waals surface area contributed by atoms with Crippen LogP contribution in [-0.2, 0) is 10.3 Å². The Labute approximate surface area is 134 Å². The molecule has 0 bridgehead atoms. The SMILES string of the molecule is CNC(=O)[C@]1(c2cnccn2)CCCN1C(=O)c1ccccc1. The van der Waals surface area contributed by atoms with Gasteiger partial charge in [-0.3, -0.25) is 19.6 Å². The first kappa shape index (κ1) is 15.1. The molecule has 0 spiro atoms. The molecule has 0 saturated carbocycles. The maximum absolute atomic E-state index is 13.0. The molecule has 6 heteroatoms. The van der Waals surface area contributed by atoms with Crippen LogP contribution in [-0.4, -0.2) is 40.3 Å². The van der Waals surface area contributed by atoms with Crippen molar-refractivity contribution in [3.8, 4) is 0 Å². The number of likely N-dealkylation sites (N-methyl/N-ethyl adjacent to an activating group) is 1. The minimum Gasteiger partial charge on any atom is -0.357 e. The standard InChI is InChI=1S/C17H18N4O2/c1-18-16(23)17(14-12-19-9-10-20-14)8-5-11-21(17)15(22)13-6-3-2-4-7-13/h2-4,6-7,9-10,12H,5,8,11H2,1H3,(H,18,23)/t17-/m1/s1. The molecule has 1 aliphatic heterocycles. The van der Waals surface area contributed by atoms with Crippen LogP contribution in [0.4, 0.5) is 0 Å². The largest absolute Gasteiger partial charge is 0.357 e. The highest BCUT2D eigenvalue weighted by molar-refractivity contribution is 5.99. The van der Waals surface area contributed by atoms with E-state index in [2.05, 4.69) is 15.3 Å². The number of hydrogen-bond acceptors (Lipinski definition) is 4. The highest BCUT2D eigenvalue weighted by Gasteiger charge is 2.52. The molecule has 1 atom stereocenters. The van der Waals surface area contributed by atoms with E-state index in [4.69, 9.17) is 0 Å². The Morgan fingerprint density at radius 3 is 2.65 bits per heavy atom. The molecular weight excluding hydrogens is 292 g/mol. The van der Waals surface area contributed by atoms with Crippen molar-refractivity contribution < 1.29 is 9.59 Å². The molecule has 1 aromatic carbocycles. The number of nitrogens with zero attached hydrogens (tertiary/aromatic N) is 3. The van der Waals surface area contributed by atoms with Crippen LogP contribution in [0.15, 0.2) is 48.9 Å². The fourth-order valence-corrected chi connectivity index (χ4v) is 3.17. The third kappa shape index (κ3) is 2.46. The lowest BCUT2D eigenvalue weighted by molar-refractivity contribution is -0.131. The number of aromatic nitrogens is 2. The smallest absolute Gasteiger partial charge is 0.255 e. The molecule has 1 aromatic heterocycles. The average Bonchev–Trinajstić information content (AvgIpc) is 3.08. The molecule has 2 aromatic rings. The Morgan fingerprint density at radius 1 is 1.22 bits per heavy atom. The van der Waals surface area contributed by atoms with E-state index in [1.165, 1.54) is 0 Å². The summed E-state index contributed by atoms with van der Waals surface area (Å²) in [5.74, 6) is -0.405. The van der Waals surface area contributed by atoms with Crippen LogP contribution in [0.1, 0.15) is 28.9 Å². The average molecular weight is 310 g/mol. The van der Waals surface area contributed by atoms with Crippen molar-refractivity contribution >= 4 is 11.8 Å².